The number of carbonyl (C=O) groups excluding carboxylic acids is 1. The molecule has 2 aliphatic rings. The zero-order chi connectivity index (χ0) is 13.3. The third-order valence-corrected chi connectivity index (χ3v) is 3.97. The molecule has 1 saturated carbocycles. The van der Waals surface area contributed by atoms with E-state index in [-0.39, 0.29) is 18.0 Å². The Hall–Kier alpha value is -1.26. The zero-order valence-electron chi connectivity index (χ0n) is 11.1. The Morgan fingerprint density at radius 2 is 2.06 bits per heavy atom. The minimum atomic E-state index is -0.802. The van der Waals surface area contributed by atoms with Gasteiger partial charge in [-0.3, -0.25) is 4.79 Å². The average molecular weight is 254 g/mol. The van der Waals surface area contributed by atoms with E-state index in [0.717, 1.165) is 12.3 Å². The molecule has 1 saturated heterocycles. The Labute approximate surface area is 108 Å². The van der Waals surface area contributed by atoms with Gasteiger partial charge in [-0.05, 0) is 25.2 Å². The van der Waals surface area contributed by atoms with Gasteiger partial charge in [-0.15, -0.1) is 0 Å². The second kappa shape index (κ2) is 5.16. The fraction of sp³-hybridized carbons (Fsp3) is 0.846. The van der Waals surface area contributed by atoms with Crippen LogP contribution in [0.2, 0.25) is 0 Å². The second-order valence-corrected chi connectivity index (χ2v) is 5.86. The number of carboxylic acids is 1. The number of aliphatic carboxylic acids is 1. The van der Waals surface area contributed by atoms with Crippen LogP contribution in [0.3, 0.4) is 0 Å². The van der Waals surface area contributed by atoms with E-state index in [0.29, 0.717) is 13.1 Å². The van der Waals surface area contributed by atoms with Gasteiger partial charge >= 0.3 is 12.0 Å². The molecule has 0 radical (unpaired) electrons. The molecule has 5 nitrogen and oxygen atoms in total. The number of likely N-dealkylation sites (tertiary alicyclic amines) is 1. The van der Waals surface area contributed by atoms with Crippen LogP contribution in [0.4, 0.5) is 4.79 Å². The van der Waals surface area contributed by atoms with Gasteiger partial charge in [-0.2, -0.15) is 0 Å². The molecule has 2 amide bonds. The van der Waals surface area contributed by atoms with Crippen molar-refractivity contribution in [3.8, 4) is 0 Å². The Morgan fingerprint density at radius 1 is 1.39 bits per heavy atom. The van der Waals surface area contributed by atoms with Gasteiger partial charge in [-0.1, -0.05) is 19.8 Å². The van der Waals surface area contributed by atoms with Crippen LogP contribution in [-0.2, 0) is 4.79 Å². The third-order valence-electron chi connectivity index (χ3n) is 3.97. The molecule has 1 heterocycles. The van der Waals surface area contributed by atoms with E-state index < -0.39 is 11.9 Å². The maximum atomic E-state index is 12.0. The number of amides is 2. The van der Waals surface area contributed by atoms with Crippen LogP contribution in [0, 0.1) is 17.8 Å². The number of rotatable bonds is 4. The van der Waals surface area contributed by atoms with Gasteiger partial charge in [0.1, 0.15) is 0 Å². The highest BCUT2D eigenvalue weighted by Gasteiger charge is 2.37. The quantitative estimate of drug-likeness (QED) is 0.799. The van der Waals surface area contributed by atoms with Crippen LogP contribution in [0.5, 0.6) is 0 Å². The average Bonchev–Trinajstić information content (AvgIpc) is 2.97. The van der Waals surface area contributed by atoms with E-state index in [1.54, 1.807) is 4.90 Å². The van der Waals surface area contributed by atoms with Crippen molar-refractivity contribution in [1.29, 1.82) is 0 Å². The van der Waals surface area contributed by atoms with Crippen molar-refractivity contribution in [2.45, 2.75) is 39.2 Å². The number of hydrogen-bond acceptors (Lipinski definition) is 2. The summed E-state index contributed by atoms with van der Waals surface area (Å²) in [5, 5.41) is 12.0. The van der Waals surface area contributed by atoms with Crippen LogP contribution in [0.15, 0.2) is 0 Å². The topological polar surface area (TPSA) is 69.6 Å². The Morgan fingerprint density at radius 3 is 2.56 bits per heavy atom. The van der Waals surface area contributed by atoms with E-state index in [1.165, 1.54) is 12.8 Å². The van der Waals surface area contributed by atoms with E-state index in [4.69, 9.17) is 5.11 Å². The lowest BCUT2D eigenvalue weighted by Gasteiger charge is -2.20. The molecule has 2 fully saturated rings. The van der Waals surface area contributed by atoms with Gasteiger partial charge < -0.3 is 15.3 Å². The van der Waals surface area contributed by atoms with Crippen LogP contribution in [0.25, 0.3) is 0 Å². The van der Waals surface area contributed by atoms with Crippen molar-refractivity contribution in [3.63, 3.8) is 0 Å². The maximum Gasteiger partial charge on any atom is 0.317 e. The molecule has 18 heavy (non-hydrogen) atoms. The van der Waals surface area contributed by atoms with Crippen LogP contribution < -0.4 is 5.32 Å². The molecule has 0 spiro atoms. The molecule has 1 unspecified atom stereocenters. The molecule has 1 aliphatic heterocycles. The van der Waals surface area contributed by atoms with Crippen molar-refractivity contribution in [2.24, 2.45) is 17.8 Å². The van der Waals surface area contributed by atoms with Crippen LogP contribution in [-0.4, -0.2) is 41.1 Å². The number of carbonyl (C=O) groups is 2. The summed E-state index contributed by atoms with van der Waals surface area (Å²) < 4.78 is 0. The fourth-order valence-electron chi connectivity index (χ4n) is 2.67. The summed E-state index contributed by atoms with van der Waals surface area (Å²) in [4.78, 5) is 24.6. The molecule has 102 valence electrons. The molecule has 5 heteroatoms. The van der Waals surface area contributed by atoms with Gasteiger partial charge in [0, 0.05) is 19.1 Å². The Balaban J connectivity index is 1.80. The largest absolute Gasteiger partial charge is 0.481 e. The summed E-state index contributed by atoms with van der Waals surface area (Å²) >= 11 is 0. The molecular weight excluding hydrogens is 232 g/mol. The molecule has 0 aromatic heterocycles. The molecule has 2 rings (SSSR count). The normalized spacial score (nSPS) is 29.1. The van der Waals surface area contributed by atoms with Crippen LogP contribution >= 0.6 is 0 Å². The first kappa shape index (κ1) is 13.2. The first-order valence-electron chi connectivity index (χ1n) is 6.75. The lowest BCUT2D eigenvalue weighted by atomic mass is 9.99. The highest BCUT2D eigenvalue weighted by atomic mass is 16.4. The first-order valence-corrected chi connectivity index (χ1v) is 6.75. The van der Waals surface area contributed by atoms with Crippen LogP contribution in [0.1, 0.15) is 33.1 Å². The lowest BCUT2D eigenvalue weighted by molar-refractivity contribution is -0.142. The highest BCUT2D eigenvalue weighted by Crippen LogP contribution is 2.33. The molecular formula is C13H22N2O3. The van der Waals surface area contributed by atoms with Crippen molar-refractivity contribution < 1.29 is 14.7 Å². The van der Waals surface area contributed by atoms with E-state index in [9.17, 15) is 9.59 Å². The highest BCUT2D eigenvalue weighted by molar-refractivity contribution is 5.77. The van der Waals surface area contributed by atoms with Gasteiger partial charge in [0.15, 0.2) is 0 Å². The maximum absolute atomic E-state index is 12.0. The lowest BCUT2D eigenvalue weighted by Crippen LogP contribution is -2.43. The van der Waals surface area contributed by atoms with Crippen molar-refractivity contribution >= 4 is 12.0 Å². The zero-order valence-corrected chi connectivity index (χ0v) is 11.1. The van der Waals surface area contributed by atoms with Gasteiger partial charge in [-0.25, -0.2) is 4.79 Å². The van der Waals surface area contributed by atoms with Gasteiger partial charge in [0.2, 0.25) is 0 Å². The molecule has 2 N–H and O–H groups in total. The Kier molecular flexibility index (Phi) is 3.78. The minimum Gasteiger partial charge on any atom is -0.481 e. The number of nitrogens with one attached hydrogen (secondary N) is 1. The monoisotopic (exact) mass is 254 g/mol. The number of hydrogen-bond donors (Lipinski definition) is 2. The first-order chi connectivity index (χ1) is 8.47. The molecule has 1 aliphatic carbocycles. The molecule has 0 aromatic carbocycles. The third kappa shape index (κ3) is 3.15. The summed E-state index contributed by atoms with van der Waals surface area (Å²) in [5.74, 6) is -0.408. The standard InChI is InChI=1S/C13H22N2O3/c1-8-6-15(7-11(8)12(16)17)13(18)14-9(2)5-10-3-4-10/h8-11H,3-7H2,1-2H3,(H,14,18)(H,16,17)/t8-,9?,11-/m1/s1. The predicted octanol–water partition coefficient (Wildman–Crippen LogP) is 1.54. The number of urea groups is 1. The number of carboxylic acid groups (broad SMARTS) is 1. The van der Waals surface area contributed by atoms with Gasteiger partial charge in [0.25, 0.3) is 0 Å². The van der Waals surface area contributed by atoms with Crippen molar-refractivity contribution in [1.82, 2.24) is 10.2 Å². The summed E-state index contributed by atoms with van der Waals surface area (Å²) in [6.45, 7) is 4.78. The smallest absolute Gasteiger partial charge is 0.317 e. The summed E-state index contributed by atoms with van der Waals surface area (Å²) in [5.41, 5.74) is 0. The Bertz CT molecular complexity index is 341. The van der Waals surface area contributed by atoms with E-state index >= 15 is 0 Å². The second-order valence-electron chi connectivity index (χ2n) is 5.86. The fourth-order valence-corrected chi connectivity index (χ4v) is 2.67. The number of nitrogens with zero attached hydrogens (tertiary/aromatic N) is 1. The minimum absolute atomic E-state index is 0.0342. The summed E-state index contributed by atoms with van der Waals surface area (Å²) in [6.07, 6.45) is 3.60. The van der Waals surface area contributed by atoms with E-state index in [2.05, 4.69) is 5.32 Å². The summed E-state index contributed by atoms with van der Waals surface area (Å²) in [6, 6.07) is 0.0722. The predicted molar refractivity (Wildman–Crippen MR) is 67.2 cm³/mol. The molecule has 3 atom stereocenters. The molecule has 0 bridgehead atoms. The van der Waals surface area contributed by atoms with Gasteiger partial charge in [0.05, 0.1) is 5.92 Å². The summed E-state index contributed by atoms with van der Waals surface area (Å²) in [7, 11) is 0. The SMILES string of the molecule is CC(CC1CC1)NC(=O)N1C[C@@H](C)[C@H](C(=O)O)C1. The molecule has 0 aromatic rings. The van der Waals surface area contributed by atoms with Crippen molar-refractivity contribution in [2.75, 3.05) is 13.1 Å². The van der Waals surface area contributed by atoms with Crippen molar-refractivity contribution in [3.05, 3.63) is 0 Å². The van der Waals surface area contributed by atoms with E-state index in [1.807, 2.05) is 13.8 Å².